The summed E-state index contributed by atoms with van der Waals surface area (Å²) in [7, 11) is -6.62. The van der Waals surface area contributed by atoms with Crippen molar-refractivity contribution < 1.29 is 44.4 Å². The SMILES string of the molecule is O=S(=O)(O)C(O)(F)C(F)(F)C(F)(F)F. The largest absolute Gasteiger partial charge is 0.460 e. The van der Waals surface area contributed by atoms with Gasteiger partial charge in [-0.05, 0) is 0 Å². The molecule has 0 aliphatic carbocycles. The van der Waals surface area contributed by atoms with Gasteiger partial charge in [0.1, 0.15) is 0 Å². The molecule has 0 aliphatic heterocycles. The lowest BCUT2D eigenvalue weighted by atomic mass is 10.3. The Balaban J connectivity index is 5.54. The molecule has 0 heterocycles. The minimum absolute atomic E-state index is 6.11. The summed E-state index contributed by atoms with van der Waals surface area (Å²) in [6.45, 7) is 0. The van der Waals surface area contributed by atoms with Crippen LogP contribution < -0.4 is 0 Å². The van der Waals surface area contributed by atoms with Gasteiger partial charge in [-0.3, -0.25) is 4.55 Å². The number of hydrogen-bond donors (Lipinski definition) is 2. The van der Waals surface area contributed by atoms with Crippen molar-refractivity contribution in [3.05, 3.63) is 0 Å². The average molecular weight is 248 g/mol. The van der Waals surface area contributed by atoms with Gasteiger partial charge in [-0.2, -0.15) is 34.8 Å². The van der Waals surface area contributed by atoms with E-state index in [4.69, 9.17) is 9.66 Å². The van der Waals surface area contributed by atoms with E-state index >= 15 is 0 Å². The summed E-state index contributed by atoms with van der Waals surface area (Å²) in [5.41, 5.74) is 0. The molecular weight excluding hydrogens is 246 g/mol. The molecule has 0 rings (SSSR count). The van der Waals surface area contributed by atoms with Gasteiger partial charge in [-0.1, -0.05) is 0 Å². The highest BCUT2D eigenvalue weighted by Crippen LogP contribution is 2.46. The van der Waals surface area contributed by atoms with E-state index in [2.05, 4.69) is 0 Å². The molecule has 0 saturated heterocycles. The van der Waals surface area contributed by atoms with Crippen LogP contribution in [0.15, 0.2) is 0 Å². The van der Waals surface area contributed by atoms with Crippen molar-refractivity contribution in [1.82, 2.24) is 0 Å². The normalized spacial score (nSPS) is 19.1. The van der Waals surface area contributed by atoms with Gasteiger partial charge in [0.2, 0.25) is 0 Å². The summed E-state index contributed by atoms with van der Waals surface area (Å²) in [5.74, 6) is -6.63. The number of alkyl halides is 6. The van der Waals surface area contributed by atoms with E-state index in [-0.39, 0.29) is 0 Å². The first-order valence-corrected chi connectivity index (χ1v) is 4.02. The average Bonchev–Trinajstić information content (AvgIpc) is 1.81. The van der Waals surface area contributed by atoms with Crippen LogP contribution in [0.1, 0.15) is 0 Å². The molecule has 0 radical (unpaired) electrons. The zero-order valence-corrected chi connectivity index (χ0v) is 6.70. The van der Waals surface area contributed by atoms with E-state index in [0.717, 1.165) is 0 Å². The third kappa shape index (κ3) is 1.79. The van der Waals surface area contributed by atoms with Crippen molar-refractivity contribution in [1.29, 1.82) is 0 Å². The maximum Gasteiger partial charge on any atom is 0.460 e. The summed E-state index contributed by atoms with van der Waals surface area (Å²) in [6.07, 6.45) is -6.66. The van der Waals surface area contributed by atoms with E-state index in [0.29, 0.717) is 0 Å². The molecule has 0 saturated carbocycles. The first kappa shape index (κ1) is 13.4. The predicted molar refractivity (Wildman–Crippen MR) is 28.6 cm³/mol. The molecule has 0 aliphatic rings. The highest BCUT2D eigenvalue weighted by atomic mass is 32.2. The molecule has 0 aromatic carbocycles. The van der Waals surface area contributed by atoms with E-state index in [1.807, 2.05) is 0 Å². The second kappa shape index (κ2) is 2.97. The Kier molecular flexibility index (Phi) is 2.85. The molecule has 86 valence electrons. The molecule has 1 atom stereocenters. The van der Waals surface area contributed by atoms with Gasteiger partial charge >= 0.3 is 27.4 Å². The lowest BCUT2D eigenvalue weighted by Crippen LogP contribution is -2.58. The van der Waals surface area contributed by atoms with Crippen molar-refractivity contribution >= 4 is 10.1 Å². The van der Waals surface area contributed by atoms with E-state index in [1.165, 1.54) is 0 Å². The second-order valence-electron chi connectivity index (χ2n) is 2.11. The van der Waals surface area contributed by atoms with Crippen LogP contribution >= 0.6 is 0 Å². The Labute approximate surface area is 72.9 Å². The lowest BCUT2D eigenvalue weighted by molar-refractivity contribution is -0.348. The molecule has 2 N–H and O–H groups in total. The summed E-state index contributed by atoms with van der Waals surface area (Å²) in [5, 5.41) is 1.63. The zero-order valence-electron chi connectivity index (χ0n) is 5.89. The van der Waals surface area contributed by atoms with Gasteiger partial charge < -0.3 is 5.11 Å². The highest BCUT2D eigenvalue weighted by Gasteiger charge is 2.77. The topological polar surface area (TPSA) is 74.6 Å². The van der Waals surface area contributed by atoms with Gasteiger partial charge in [0.05, 0.1) is 0 Å². The Morgan fingerprint density at radius 3 is 1.29 bits per heavy atom. The summed E-state index contributed by atoms with van der Waals surface area (Å²) in [6, 6.07) is 0. The Bertz CT molecular complexity index is 314. The maximum atomic E-state index is 12.1. The fourth-order valence-electron chi connectivity index (χ4n) is 0.337. The second-order valence-corrected chi connectivity index (χ2v) is 3.60. The van der Waals surface area contributed by atoms with Crippen LogP contribution in [0.2, 0.25) is 0 Å². The summed E-state index contributed by atoms with van der Waals surface area (Å²) >= 11 is 0. The molecular formula is C3H2F6O4S. The summed E-state index contributed by atoms with van der Waals surface area (Å²) < 4.78 is 97.0. The Morgan fingerprint density at radius 1 is 0.929 bits per heavy atom. The van der Waals surface area contributed by atoms with Gasteiger partial charge in [0.15, 0.2) is 0 Å². The molecule has 11 heteroatoms. The summed E-state index contributed by atoms with van der Waals surface area (Å²) in [4.78, 5) is 0. The van der Waals surface area contributed by atoms with Gasteiger partial charge in [0.25, 0.3) is 0 Å². The van der Waals surface area contributed by atoms with E-state index in [9.17, 15) is 34.8 Å². The fraction of sp³-hybridized carbons (Fsp3) is 1.00. The van der Waals surface area contributed by atoms with Crippen LogP contribution in [0.3, 0.4) is 0 Å². The molecule has 0 aromatic rings. The van der Waals surface area contributed by atoms with Gasteiger partial charge in [-0.25, -0.2) is 0 Å². The quantitative estimate of drug-likeness (QED) is 0.556. The van der Waals surface area contributed by atoms with Gasteiger partial charge in [-0.15, -0.1) is 0 Å². The monoisotopic (exact) mass is 248 g/mol. The van der Waals surface area contributed by atoms with Crippen molar-refractivity contribution in [2.45, 2.75) is 17.3 Å². The standard InChI is InChI=1S/C3H2F6O4S/c4-1(5,2(6,7)8)3(9,10)14(11,12)13/h10H,(H,11,12,13). The first-order valence-electron chi connectivity index (χ1n) is 2.58. The minimum atomic E-state index is -6.66. The van der Waals surface area contributed by atoms with Crippen LogP contribution in [-0.4, -0.2) is 35.4 Å². The van der Waals surface area contributed by atoms with Crippen molar-refractivity contribution in [3.8, 4) is 0 Å². The molecule has 14 heavy (non-hydrogen) atoms. The van der Waals surface area contributed by atoms with Crippen molar-refractivity contribution in [2.24, 2.45) is 0 Å². The van der Waals surface area contributed by atoms with Crippen molar-refractivity contribution in [3.63, 3.8) is 0 Å². The zero-order chi connectivity index (χ0) is 12.0. The minimum Gasteiger partial charge on any atom is -0.343 e. The van der Waals surface area contributed by atoms with E-state index < -0.39 is 27.4 Å². The molecule has 0 spiro atoms. The fourth-order valence-corrected chi connectivity index (χ4v) is 0.777. The number of hydrogen-bond acceptors (Lipinski definition) is 3. The predicted octanol–water partition coefficient (Wildman–Crippen LogP) is 0.687. The number of halogens is 6. The molecule has 0 bridgehead atoms. The smallest absolute Gasteiger partial charge is 0.343 e. The van der Waals surface area contributed by atoms with Crippen LogP contribution in [0.25, 0.3) is 0 Å². The highest BCUT2D eigenvalue weighted by molar-refractivity contribution is 7.86. The molecule has 0 amide bonds. The van der Waals surface area contributed by atoms with Gasteiger partial charge in [0, 0.05) is 0 Å². The van der Waals surface area contributed by atoms with Crippen molar-refractivity contribution in [2.75, 3.05) is 0 Å². The molecule has 4 nitrogen and oxygen atoms in total. The van der Waals surface area contributed by atoms with Crippen LogP contribution in [0.5, 0.6) is 0 Å². The first-order chi connectivity index (χ1) is 5.75. The number of rotatable bonds is 2. The van der Waals surface area contributed by atoms with E-state index in [1.54, 1.807) is 0 Å². The maximum absolute atomic E-state index is 12.1. The molecule has 0 aromatic heterocycles. The Morgan fingerprint density at radius 2 is 1.21 bits per heavy atom. The van der Waals surface area contributed by atoms with Crippen LogP contribution in [0, 0.1) is 0 Å². The Hall–Kier alpha value is -0.550. The van der Waals surface area contributed by atoms with Crippen LogP contribution in [-0.2, 0) is 10.1 Å². The molecule has 1 unspecified atom stereocenters. The lowest BCUT2D eigenvalue weighted by Gasteiger charge is -2.26. The van der Waals surface area contributed by atoms with Crippen LogP contribution in [0.4, 0.5) is 26.3 Å². The molecule has 0 fully saturated rings. The number of aliphatic hydroxyl groups is 1. The third-order valence-electron chi connectivity index (χ3n) is 1.09. The third-order valence-corrected chi connectivity index (χ3v) is 2.03.